The summed E-state index contributed by atoms with van der Waals surface area (Å²) in [5.41, 5.74) is 1.37. The molecule has 0 aliphatic carbocycles. The van der Waals surface area contributed by atoms with Gasteiger partial charge in [-0.3, -0.25) is 0 Å². The lowest BCUT2D eigenvalue weighted by molar-refractivity contribution is 0.185. The van der Waals surface area contributed by atoms with Gasteiger partial charge >= 0.3 is 0 Å². The van der Waals surface area contributed by atoms with Gasteiger partial charge < -0.3 is 10.2 Å². The van der Waals surface area contributed by atoms with Crippen molar-refractivity contribution in [3.8, 4) is 0 Å². The zero-order valence-electron chi connectivity index (χ0n) is 11.4. The fraction of sp³-hybridized carbons (Fsp3) is 0.571. The van der Waals surface area contributed by atoms with E-state index in [9.17, 15) is 0 Å². The van der Waals surface area contributed by atoms with Crippen molar-refractivity contribution in [2.45, 2.75) is 32.4 Å². The first kappa shape index (κ1) is 14.5. The Morgan fingerprint density at radius 1 is 1.35 bits per heavy atom. The Bertz CT molecular complexity index is 361. The fourth-order valence-electron chi connectivity index (χ4n) is 1.45. The summed E-state index contributed by atoms with van der Waals surface area (Å²) in [7, 11) is 4.21. The molecule has 0 aliphatic rings. The number of hydrogen-bond acceptors (Lipinski definition) is 2. The smallest absolute Gasteiger partial charge is 0.0409 e. The highest BCUT2D eigenvalue weighted by molar-refractivity contribution is 6.30. The average molecular weight is 255 g/mol. The van der Waals surface area contributed by atoms with Crippen molar-refractivity contribution in [1.29, 1.82) is 0 Å². The summed E-state index contributed by atoms with van der Waals surface area (Å²) in [4.78, 5) is 2.23. The van der Waals surface area contributed by atoms with Gasteiger partial charge in [0, 0.05) is 23.1 Å². The molecule has 0 radical (unpaired) electrons. The van der Waals surface area contributed by atoms with Crippen LogP contribution in [0.3, 0.4) is 0 Å². The summed E-state index contributed by atoms with van der Waals surface area (Å²) in [5.74, 6) is 0. The molecule has 0 fully saturated rings. The molecular formula is C14H23ClN2. The maximum atomic E-state index is 5.99. The number of benzene rings is 1. The van der Waals surface area contributed by atoms with Crippen LogP contribution in [0.5, 0.6) is 0 Å². The van der Waals surface area contributed by atoms with Gasteiger partial charge in [0.1, 0.15) is 0 Å². The van der Waals surface area contributed by atoms with Crippen LogP contribution < -0.4 is 5.32 Å². The molecule has 0 aliphatic heterocycles. The maximum Gasteiger partial charge on any atom is 0.0409 e. The van der Waals surface area contributed by atoms with Crippen LogP contribution in [0, 0.1) is 0 Å². The first-order chi connectivity index (χ1) is 7.83. The molecule has 0 heterocycles. The van der Waals surface area contributed by atoms with Gasteiger partial charge in [0.05, 0.1) is 0 Å². The standard InChI is InChI=1S/C14H23ClN2/c1-11(12-7-6-8-13(15)9-12)16-10-14(2,3)17(4)5/h6-9,11,16H,10H2,1-5H3. The van der Waals surface area contributed by atoms with E-state index in [4.69, 9.17) is 11.6 Å². The molecule has 0 bridgehead atoms. The van der Waals surface area contributed by atoms with Crippen LogP contribution in [0.4, 0.5) is 0 Å². The van der Waals surface area contributed by atoms with Gasteiger partial charge in [-0.1, -0.05) is 23.7 Å². The van der Waals surface area contributed by atoms with E-state index >= 15 is 0 Å². The first-order valence-electron chi connectivity index (χ1n) is 5.99. The number of likely N-dealkylation sites (N-methyl/N-ethyl adjacent to an activating group) is 1. The van der Waals surface area contributed by atoms with E-state index in [1.54, 1.807) is 0 Å². The Labute approximate surface area is 110 Å². The van der Waals surface area contributed by atoms with Crippen molar-refractivity contribution in [2.24, 2.45) is 0 Å². The van der Waals surface area contributed by atoms with Crippen molar-refractivity contribution < 1.29 is 0 Å². The van der Waals surface area contributed by atoms with Crippen LogP contribution in [-0.4, -0.2) is 31.1 Å². The molecule has 0 spiro atoms. The summed E-state index contributed by atoms with van der Waals surface area (Å²) in [6.45, 7) is 7.56. The summed E-state index contributed by atoms with van der Waals surface area (Å²) in [5, 5.41) is 4.34. The predicted molar refractivity (Wildman–Crippen MR) is 75.6 cm³/mol. The predicted octanol–water partition coefficient (Wildman–Crippen LogP) is 3.33. The molecule has 96 valence electrons. The number of halogens is 1. The maximum absolute atomic E-state index is 5.99. The molecule has 0 saturated heterocycles. The topological polar surface area (TPSA) is 15.3 Å². The van der Waals surface area contributed by atoms with E-state index in [1.807, 2.05) is 18.2 Å². The second-order valence-electron chi connectivity index (χ2n) is 5.36. The summed E-state index contributed by atoms with van der Waals surface area (Å²) in [6, 6.07) is 8.33. The molecule has 17 heavy (non-hydrogen) atoms. The molecule has 1 aromatic rings. The number of rotatable bonds is 5. The number of nitrogens with zero attached hydrogens (tertiary/aromatic N) is 1. The van der Waals surface area contributed by atoms with Crippen molar-refractivity contribution in [2.75, 3.05) is 20.6 Å². The summed E-state index contributed by atoms with van der Waals surface area (Å²) in [6.07, 6.45) is 0. The third-order valence-electron chi connectivity index (χ3n) is 3.40. The second kappa shape index (κ2) is 5.85. The van der Waals surface area contributed by atoms with Crippen LogP contribution in [0.1, 0.15) is 32.4 Å². The molecule has 1 N–H and O–H groups in total. The lowest BCUT2D eigenvalue weighted by atomic mass is 10.0. The Kier molecular flexibility index (Phi) is 4.99. The largest absolute Gasteiger partial charge is 0.308 e. The van der Waals surface area contributed by atoms with E-state index in [2.05, 4.69) is 51.1 Å². The highest BCUT2D eigenvalue weighted by Gasteiger charge is 2.20. The van der Waals surface area contributed by atoms with Gasteiger partial charge in [-0.25, -0.2) is 0 Å². The molecular weight excluding hydrogens is 232 g/mol. The minimum absolute atomic E-state index is 0.146. The molecule has 1 rings (SSSR count). The molecule has 0 amide bonds. The molecule has 2 nitrogen and oxygen atoms in total. The lowest BCUT2D eigenvalue weighted by Crippen LogP contribution is -2.47. The highest BCUT2D eigenvalue weighted by Crippen LogP contribution is 2.18. The fourth-order valence-corrected chi connectivity index (χ4v) is 1.65. The van der Waals surface area contributed by atoms with E-state index < -0.39 is 0 Å². The average Bonchev–Trinajstić information content (AvgIpc) is 2.25. The van der Waals surface area contributed by atoms with E-state index in [0.29, 0.717) is 6.04 Å². The van der Waals surface area contributed by atoms with Gasteiger partial charge in [-0.15, -0.1) is 0 Å². The lowest BCUT2D eigenvalue weighted by Gasteiger charge is -2.34. The Morgan fingerprint density at radius 2 is 2.00 bits per heavy atom. The zero-order valence-corrected chi connectivity index (χ0v) is 12.2. The Balaban J connectivity index is 2.59. The van der Waals surface area contributed by atoms with E-state index in [1.165, 1.54) is 5.56 Å². The Hall–Kier alpha value is -0.570. The van der Waals surface area contributed by atoms with Gasteiger partial charge in [0.15, 0.2) is 0 Å². The third-order valence-corrected chi connectivity index (χ3v) is 3.64. The van der Waals surface area contributed by atoms with Crippen LogP contribution >= 0.6 is 11.6 Å². The summed E-state index contributed by atoms with van der Waals surface area (Å²) < 4.78 is 0. The van der Waals surface area contributed by atoms with Gasteiger partial charge in [-0.05, 0) is 52.6 Å². The van der Waals surface area contributed by atoms with Crippen LogP contribution in [0.25, 0.3) is 0 Å². The minimum Gasteiger partial charge on any atom is -0.308 e. The third kappa shape index (κ3) is 4.30. The monoisotopic (exact) mass is 254 g/mol. The normalized spacial score (nSPS) is 14.1. The highest BCUT2D eigenvalue weighted by atomic mass is 35.5. The van der Waals surface area contributed by atoms with Crippen LogP contribution in [-0.2, 0) is 0 Å². The molecule has 1 atom stereocenters. The molecule has 0 aromatic heterocycles. The number of nitrogens with one attached hydrogen (secondary N) is 1. The van der Waals surface area contributed by atoms with Crippen molar-refractivity contribution >= 4 is 11.6 Å². The second-order valence-corrected chi connectivity index (χ2v) is 5.80. The van der Waals surface area contributed by atoms with Gasteiger partial charge in [0.25, 0.3) is 0 Å². The van der Waals surface area contributed by atoms with Crippen LogP contribution in [0.15, 0.2) is 24.3 Å². The van der Waals surface area contributed by atoms with E-state index in [-0.39, 0.29) is 5.54 Å². The summed E-state index contributed by atoms with van der Waals surface area (Å²) >= 11 is 5.99. The van der Waals surface area contributed by atoms with Crippen LogP contribution in [0.2, 0.25) is 5.02 Å². The van der Waals surface area contributed by atoms with Crippen molar-refractivity contribution in [3.05, 3.63) is 34.9 Å². The number of hydrogen-bond donors (Lipinski definition) is 1. The molecule has 3 heteroatoms. The van der Waals surface area contributed by atoms with Crippen molar-refractivity contribution in [1.82, 2.24) is 10.2 Å². The SMILES string of the molecule is CC(NCC(C)(C)N(C)C)c1cccc(Cl)c1. The zero-order chi connectivity index (χ0) is 13.1. The van der Waals surface area contributed by atoms with E-state index in [0.717, 1.165) is 11.6 Å². The molecule has 1 aromatic carbocycles. The molecule has 0 saturated carbocycles. The van der Waals surface area contributed by atoms with Gasteiger partial charge in [-0.2, -0.15) is 0 Å². The quantitative estimate of drug-likeness (QED) is 0.867. The van der Waals surface area contributed by atoms with Gasteiger partial charge in [0.2, 0.25) is 0 Å². The first-order valence-corrected chi connectivity index (χ1v) is 6.37. The Morgan fingerprint density at radius 3 is 2.53 bits per heavy atom. The van der Waals surface area contributed by atoms with Crippen molar-refractivity contribution in [3.63, 3.8) is 0 Å². The minimum atomic E-state index is 0.146. The molecule has 1 unspecified atom stereocenters.